The van der Waals surface area contributed by atoms with Crippen LogP contribution in [0.15, 0.2) is 0 Å². The average molecular weight is 285 g/mol. The molecule has 116 valence electrons. The number of carboxylic acid groups (broad SMARTS) is 1. The van der Waals surface area contributed by atoms with Gasteiger partial charge in [-0.3, -0.25) is 4.90 Å². The van der Waals surface area contributed by atoms with E-state index in [2.05, 4.69) is 22.5 Å². The normalized spacial score (nSPS) is 20.8. The summed E-state index contributed by atoms with van der Waals surface area (Å²) in [5.41, 5.74) is -1.21. The summed E-state index contributed by atoms with van der Waals surface area (Å²) in [6, 6.07) is -0.139. The molecule has 0 aromatic heterocycles. The van der Waals surface area contributed by atoms with E-state index in [9.17, 15) is 9.59 Å². The van der Waals surface area contributed by atoms with E-state index in [1.165, 1.54) is 26.2 Å². The van der Waals surface area contributed by atoms with E-state index in [-0.39, 0.29) is 6.04 Å². The Kier molecular flexibility index (Phi) is 6.26. The van der Waals surface area contributed by atoms with Crippen LogP contribution < -0.4 is 10.6 Å². The molecular formula is C14H27N3O3. The van der Waals surface area contributed by atoms with Gasteiger partial charge in [-0.25, -0.2) is 9.59 Å². The number of carboxylic acids is 1. The molecule has 1 fully saturated rings. The Balaban J connectivity index is 2.37. The first-order valence-corrected chi connectivity index (χ1v) is 7.42. The van der Waals surface area contributed by atoms with Gasteiger partial charge < -0.3 is 15.7 Å². The Hall–Kier alpha value is -1.30. The smallest absolute Gasteiger partial charge is 0.329 e. The van der Waals surface area contributed by atoms with Crippen molar-refractivity contribution >= 4 is 12.0 Å². The summed E-state index contributed by atoms with van der Waals surface area (Å²) in [6.07, 6.45) is 4.05. The van der Waals surface area contributed by atoms with Crippen LogP contribution in [0, 0.1) is 0 Å². The molecule has 6 heteroatoms. The minimum atomic E-state index is -1.21. The Morgan fingerprint density at radius 3 is 2.40 bits per heavy atom. The van der Waals surface area contributed by atoms with Gasteiger partial charge in [0.15, 0.2) is 0 Å². The van der Waals surface area contributed by atoms with Crippen molar-refractivity contribution in [2.75, 3.05) is 19.6 Å². The summed E-state index contributed by atoms with van der Waals surface area (Å²) in [7, 11) is 0. The minimum Gasteiger partial charge on any atom is -0.480 e. The van der Waals surface area contributed by atoms with Crippen LogP contribution in [0.4, 0.5) is 4.79 Å². The van der Waals surface area contributed by atoms with Crippen molar-refractivity contribution in [1.82, 2.24) is 15.5 Å². The number of urea groups is 1. The average Bonchev–Trinajstić information content (AvgIpc) is 2.45. The number of carbonyl (C=O) groups is 2. The molecule has 0 aromatic rings. The van der Waals surface area contributed by atoms with Crippen molar-refractivity contribution in [3.05, 3.63) is 0 Å². The fourth-order valence-electron chi connectivity index (χ4n) is 2.32. The first-order valence-electron chi connectivity index (χ1n) is 7.42. The maximum Gasteiger partial charge on any atom is 0.329 e. The molecule has 1 saturated heterocycles. The largest absolute Gasteiger partial charge is 0.480 e. The lowest BCUT2D eigenvalue weighted by molar-refractivity contribution is -0.143. The maximum atomic E-state index is 11.8. The second-order valence-corrected chi connectivity index (χ2v) is 5.77. The lowest BCUT2D eigenvalue weighted by atomic mass is 10.00. The number of piperidine rings is 1. The topological polar surface area (TPSA) is 81.7 Å². The highest BCUT2D eigenvalue weighted by molar-refractivity contribution is 5.85. The van der Waals surface area contributed by atoms with Crippen molar-refractivity contribution in [1.29, 1.82) is 0 Å². The number of hydrogen-bond donors (Lipinski definition) is 3. The van der Waals surface area contributed by atoms with Gasteiger partial charge in [0.25, 0.3) is 0 Å². The summed E-state index contributed by atoms with van der Waals surface area (Å²) in [5, 5.41) is 14.4. The summed E-state index contributed by atoms with van der Waals surface area (Å²) >= 11 is 0. The summed E-state index contributed by atoms with van der Waals surface area (Å²) in [4.78, 5) is 25.3. The molecule has 0 aromatic carbocycles. The fraction of sp³-hybridized carbons (Fsp3) is 0.857. The third kappa shape index (κ3) is 4.67. The second kappa shape index (κ2) is 7.47. The number of carbonyl (C=O) groups excluding carboxylic acids is 1. The van der Waals surface area contributed by atoms with Crippen molar-refractivity contribution in [2.45, 2.75) is 58.0 Å². The Labute approximate surface area is 120 Å². The highest BCUT2D eigenvalue weighted by Gasteiger charge is 2.32. The zero-order valence-electron chi connectivity index (χ0n) is 12.7. The number of likely N-dealkylation sites (tertiary alicyclic amines) is 1. The monoisotopic (exact) mass is 285 g/mol. The quantitative estimate of drug-likeness (QED) is 0.689. The predicted octanol–water partition coefficient (Wildman–Crippen LogP) is 1.41. The van der Waals surface area contributed by atoms with Crippen LogP contribution >= 0.6 is 0 Å². The SMILES string of the molecule is CCC(C)(NC(=O)NCC(C)N1CCCCC1)C(=O)O. The summed E-state index contributed by atoms with van der Waals surface area (Å²) < 4.78 is 0. The molecule has 0 saturated carbocycles. The van der Waals surface area contributed by atoms with E-state index >= 15 is 0 Å². The van der Waals surface area contributed by atoms with Crippen LogP contribution in [0.3, 0.4) is 0 Å². The van der Waals surface area contributed by atoms with Crippen molar-refractivity contribution in [3.8, 4) is 0 Å². The van der Waals surface area contributed by atoms with E-state index in [1.54, 1.807) is 6.92 Å². The van der Waals surface area contributed by atoms with Gasteiger partial charge in [0.05, 0.1) is 0 Å². The van der Waals surface area contributed by atoms with Gasteiger partial charge in [0.2, 0.25) is 0 Å². The molecule has 2 atom stereocenters. The molecule has 0 spiro atoms. The van der Waals surface area contributed by atoms with Crippen LogP contribution in [0.5, 0.6) is 0 Å². The molecule has 0 aliphatic carbocycles. The molecule has 1 heterocycles. The Morgan fingerprint density at radius 2 is 1.90 bits per heavy atom. The van der Waals surface area contributed by atoms with Gasteiger partial charge in [-0.2, -0.15) is 0 Å². The number of rotatable bonds is 6. The van der Waals surface area contributed by atoms with E-state index < -0.39 is 17.5 Å². The van der Waals surface area contributed by atoms with Crippen molar-refractivity contribution in [2.24, 2.45) is 0 Å². The van der Waals surface area contributed by atoms with Gasteiger partial charge in [-0.1, -0.05) is 13.3 Å². The Morgan fingerprint density at radius 1 is 1.30 bits per heavy atom. The van der Waals surface area contributed by atoms with Crippen LogP contribution in [0.2, 0.25) is 0 Å². The van der Waals surface area contributed by atoms with Crippen LogP contribution in [-0.4, -0.2) is 53.2 Å². The van der Waals surface area contributed by atoms with E-state index in [1.807, 2.05) is 0 Å². The number of nitrogens with zero attached hydrogens (tertiary/aromatic N) is 1. The van der Waals surface area contributed by atoms with E-state index in [0.29, 0.717) is 13.0 Å². The summed E-state index contributed by atoms with van der Waals surface area (Å²) in [5.74, 6) is -1.01. The summed E-state index contributed by atoms with van der Waals surface area (Å²) in [6.45, 7) is 8.03. The number of amides is 2. The van der Waals surface area contributed by atoms with Crippen LogP contribution in [-0.2, 0) is 4.79 Å². The highest BCUT2D eigenvalue weighted by atomic mass is 16.4. The molecule has 2 unspecified atom stereocenters. The highest BCUT2D eigenvalue weighted by Crippen LogP contribution is 2.12. The second-order valence-electron chi connectivity index (χ2n) is 5.77. The number of nitrogens with one attached hydrogen (secondary N) is 2. The molecule has 1 rings (SSSR count). The number of hydrogen-bond acceptors (Lipinski definition) is 3. The van der Waals surface area contributed by atoms with Crippen LogP contribution in [0.1, 0.15) is 46.5 Å². The Bertz CT molecular complexity index is 343. The zero-order chi connectivity index (χ0) is 15.2. The molecule has 2 amide bonds. The lowest BCUT2D eigenvalue weighted by Crippen LogP contribution is -2.56. The molecule has 20 heavy (non-hydrogen) atoms. The standard InChI is InChI=1S/C14H27N3O3/c1-4-14(3,12(18)19)16-13(20)15-10-11(2)17-8-6-5-7-9-17/h11H,4-10H2,1-3H3,(H,18,19)(H2,15,16,20). The fourth-order valence-corrected chi connectivity index (χ4v) is 2.32. The van der Waals surface area contributed by atoms with Gasteiger partial charge >= 0.3 is 12.0 Å². The predicted molar refractivity (Wildman–Crippen MR) is 77.8 cm³/mol. The van der Waals surface area contributed by atoms with Crippen molar-refractivity contribution < 1.29 is 14.7 Å². The molecule has 0 bridgehead atoms. The van der Waals surface area contributed by atoms with Gasteiger partial charge in [0.1, 0.15) is 5.54 Å². The van der Waals surface area contributed by atoms with Gasteiger partial charge in [-0.15, -0.1) is 0 Å². The zero-order valence-corrected chi connectivity index (χ0v) is 12.7. The maximum absolute atomic E-state index is 11.8. The van der Waals surface area contributed by atoms with Gasteiger partial charge in [0, 0.05) is 12.6 Å². The number of aliphatic carboxylic acids is 1. The van der Waals surface area contributed by atoms with E-state index in [4.69, 9.17) is 5.11 Å². The molecule has 3 N–H and O–H groups in total. The molecule has 0 radical (unpaired) electrons. The van der Waals surface area contributed by atoms with Crippen LogP contribution in [0.25, 0.3) is 0 Å². The van der Waals surface area contributed by atoms with E-state index in [0.717, 1.165) is 13.1 Å². The van der Waals surface area contributed by atoms with Gasteiger partial charge in [-0.05, 0) is 46.2 Å². The first kappa shape index (κ1) is 16.8. The molecule has 6 nitrogen and oxygen atoms in total. The minimum absolute atomic E-state index is 0.277. The third-order valence-electron chi connectivity index (χ3n) is 4.14. The first-order chi connectivity index (χ1) is 9.39. The molecular weight excluding hydrogens is 258 g/mol. The third-order valence-corrected chi connectivity index (χ3v) is 4.14. The lowest BCUT2D eigenvalue weighted by Gasteiger charge is -2.32. The molecule has 1 aliphatic heterocycles. The molecule has 1 aliphatic rings. The van der Waals surface area contributed by atoms with Crippen molar-refractivity contribution in [3.63, 3.8) is 0 Å².